The van der Waals surface area contributed by atoms with E-state index < -0.39 is 5.97 Å². The Morgan fingerprint density at radius 2 is 2.06 bits per heavy atom. The first kappa shape index (κ1) is 13.2. The number of piperidine rings is 1. The Labute approximate surface area is 111 Å². The van der Waals surface area contributed by atoms with Crippen molar-refractivity contribution in [2.24, 2.45) is 5.92 Å². The Bertz CT molecular complexity index is 442. The smallest absolute Gasteiger partial charge is 0.306 e. The minimum atomic E-state index is -0.708. The number of rotatable bonds is 3. The predicted octanol–water partition coefficient (Wildman–Crippen LogP) is 2.34. The molecular formula is C13H16ClNO3. The molecule has 0 saturated carbocycles. The van der Waals surface area contributed by atoms with Crippen LogP contribution >= 0.6 is 11.6 Å². The molecule has 18 heavy (non-hydrogen) atoms. The molecule has 1 aliphatic heterocycles. The van der Waals surface area contributed by atoms with Gasteiger partial charge in [0.05, 0.1) is 5.92 Å². The Hall–Kier alpha value is -1.26. The number of hydrogen-bond donors (Lipinski definition) is 2. The number of benzene rings is 1. The van der Waals surface area contributed by atoms with Crippen molar-refractivity contribution in [1.82, 2.24) is 4.90 Å². The molecular weight excluding hydrogens is 254 g/mol. The van der Waals surface area contributed by atoms with Gasteiger partial charge in [0.1, 0.15) is 5.75 Å². The van der Waals surface area contributed by atoms with Gasteiger partial charge in [-0.25, -0.2) is 0 Å². The van der Waals surface area contributed by atoms with Gasteiger partial charge in [-0.3, -0.25) is 9.69 Å². The van der Waals surface area contributed by atoms with E-state index in [1.165, 1.54) is 0 Å². The normalized spacial score (nSPS) is 17.8. The number of carbonyl (C=O) groups is 1. The minimum Gasteiger partial charge on any atom is -0.508 e. The molecule has 1 heterocycles. The summed E-state index contributed by atoms with van der Waals surface area (Å²) in [5, 5.41) is 19.2. The quantitative estimate of drug-likeness (QED) is 0.884. The monoisotopic (exact) mass is 269 g/mol. The first-order valence-corrected chi connectivity index (χ1v) is 6.36. The number of aromatic hydroxyl groups is 1. The van der Waals surface area contributed by atoms with Crippen molar-refractivity contribution in [3.63, 3.8) is 0 Å². The van der Waals surface area contributed by atoms with E-state index in [-0.39, 0.29) is 11.7 Å². The molecule has 0 unspecified atom stereocenters. The molecule has 0 spiro atoms. The summed E-state index contributed by atoms with van der Waals surface area (Å²) < 4.78 is 0. The summed E-state index contributed by atoms with van der Waals surface area (Å²) in [6, 6.07) is 4.99. The molecule has 5 heteroatoms. The maximum Gasteiger partial charge on any atom is 0.306 e. The molecule has 2 N–H and O–H groups in total. The Morgan fingerprint density at radius 3 is 2.67 bits per heavy atom. The molecule has 1 fully saturated rings. The number of nitrogens with zero attached hydrogens (tertiary/aromatic N) is 1. The number of aliphatic carboxylic acids is 1. The summed E-state index contributed by atoms with van der Waals surface area (Å²) in [5.74, 6) is -0.700. The van der Waals surface area contributed by atoms with Gasteiger partial charge in [0.15, 0.2) is 0 Å². The highest BCUT2D eigenvalue weighted by atomic mass is 35.5. The van der Waals surface area contributed by atoms with Gasteiger partial charge in [0.25, 0.3) is 0 Å². The van der Waals surface area contributed by atoms with Gasteiger partial charge in [-0.15, -0.1) is 0 Å². The fourth-order valence-electron chi connectivity index (χ4n) is 2.26. The number of phenolic OH excluding ortho intramolecular Hbond substituents is 1. The van der Waals surface area contributed by atoms with Crippen LogP contribution in [0.3, 0.4) is 0 Å². The zero-order valence-corrected chi connectivity index (χ0v) is 10.7. The van der Waals surface area contributed by atoms with Crippen molar-refractivity contribution in [2.45, 2.75) is 19.4 Å². The first-order chi connectivity index (χ1) is 8.56. The van der Waals surface area contributed by atoms with Crippen LogP contribution in [-0.4, -0.2) is 34.2 Å². The van der Waals surface area contributed by atoms with Crippen molar-refractivity contribution in [3.05, 3.63) is 28.8 Å². The average Bonchev–Trinajstić information content (AvgIpc) is 2.34. The number of likely N-dealkylation sites (tertiary alicyclic amines) is 1. The van der Waals surface area contributed by atoms with E-state index >= 15 is 0 Å². The van der Waals surface area contributed by atoms with Crippen molar-refractivity contribution in [1.29, 1.82) is 0 Å². The molecule has 1 aromatic carbocycles. The number of carboxylic acid groups (broad SMARTS) is 1. The van der Waals surface area contributed by atoms with Gasteiger partial charge in [0, 0.05) is 17.1 Å². The second-order valence-corrected chi connectivity index (χ2v) is 5.10. The van der Waals surface area contributed by atoms with Crippen LogP contribution in [0.1, 0.15) is 18.4 Å². The molecule has 0 atom stereocenters. The number of halogens is 1. The van der Waals surface area contributed by atoms with E-state index in [1.807, 2.05) is 0 Å². The van der Waals surface area contributed by atoms with Gasteiger partial charge < -0.3 is 10.2 Å². The fraction of sp³-hybridized carbons (Fsp3) is 0.462. The molecule has 0 aliphatic carbocycles. The highest BCUT2D eigenvalue weighted by Crippen LogP contribution is 2.25. The number of carboxylic acids is 1. The second kappa shape index (κ2) is 5.59. The van der Waals surface area contributed by atoms with E-state index in [0.717, 1.165) is 18.7 Å². The molecule has 0 amide bonds. The SMILES string of the molecule is O=C(O)C1CCN(Cc2cc(Cl)ccc2O)CC1. The van der Waals surface area contributed by atoms with Crippen LogP contribution < -0.4 is 0 Å². The van der Waals surface area contributed by atoms with E-state index in [2.05, 4.69) is 4.90 Å². The molecule has 1 saturated heterocycles. The van der Waals surface area contributed by atoms with Crippen LogP contribution in [0.2, 0.25) is 5.02 Å². The fourth-order valence-corrected chi connectivity index (χ4v) is 2.45. The lowest BCUT2D eigenvalue weighted by Gasteiger charge is -2.30. The highest BCUT2D eigenvalue weighted by Gasteiger charge is 2.24. The lowest BCUT2D eigenvalue weighted by Crippen LogP contribution is -2.35. The van der Waals surface area contributed by atoms with Crippen LogP contribution in [-0.2, 0) is 11.3 Å². The molecule has 1 aromatic rings. The number of hydrogen-bond acceptors (Lipinski definition) is 3. The van der Waals surface area contributed by atoms with Gasteiger partial charge in [-0.1, -0.05) is 11.6 Å². The van der Waals surface area contributed by atoms with Crippen molar-refractivity contribution >= 4 is 17.6 Å². The predicted molar refractivity (Wildman–Crippen MR) is 68.8 cm³/mol. The molecule has 0 bridgehead atoms. The van der Waals surface area contributed by atoms with Crippen LogP contribution in [0.5, 0.6) is 5.75 Å². The zero-order chi connectivity index (χ0) is 13.1. The zero-order valence-electron chi connectivity index (χ0n) is 9.97. The Balaban J connectivity index is 1.95. The minimum absolute atomic E-state index is 0.228. The third-order valence-electron chi connectivity index (χ3n) is 3.37. The molecule has 2 rings (SSSR count). The van der Waals surface area contributed by atoms with Crippen molar-refractivity contribution < 1.29 is 15.0 Å². The maximum atomic E-state index is 10.8. The van der Waals surface area contributed by atoms with Gasteiger partial charge in [-0.05, 0) is 44.1 Å². The van der Waals surface area contributed by atoms with Crippen LogP contribution in [0, 0.1) is 5.92 Å². The maximum absolute atomic E-state index is 10.8. The van der Waals surface area contributed by atoms with Crippen LogP contribution in [0.4, 0.5) is 0 Å². The largest absolute Gasteiger partial charge is 0.508 e. The average molecular weight is 270 g/mol. The van der Waals surface area contributed by atoms with Gasteiger partial charge >= 0.3 is 5.97 Å². The lowest BCUT2D eigenvalue weighted by molar-refractivity contribution is -0.143. The summed E-state index contributed by atoms with van der Waals surface area (Å²) in [6.45, 7) is 2.09. The third-order valence-corrected chi connectivity index (χ3v) is 3.61. The van der Waals surface area contributed by atoms with Gasteiger partial charge in [-0.2, -0.15) is 0 Å². The molecule has 0 radical (unpaired) electrons. The van der Waals surface area contributed by atoms with E-state index in [4.69, 9.17) is 16.7 Å². The second-order valence-electron chi connectivity index (χ2n) is 4.66. The summed E-state index contributed by atoms with van der Waals surface area (Å²) >= 11 is 5.89. The van der Waals surface area contributed by atoms with E-state index in [0.29, 0.717) is 24.4 Å². The molecule has 4 nitrogen and oxygen atoms in total. The summed E-state index contributed by atoms with van der Waals surface area (Å²) in [7, 11) is 0. The standard InChI is InChI=1S/C13H16ClNO3/c14-11-1-2-12(16)10(7-11)8-15-5-3-9(4-6-15)13(17)18/h1-2,7,9,16H,3-6,8H2,(H,17,18). The highest BCUT2D eigenvalue weighted by molar-refractivity contribution is 6.30. The Morgan fingerprint density at radius 1 is 1.39 bits per heavy atom. The van der Waals surface area contributed by atoms with Crippen molar-refractivity contribution in [3.8, 4) is 5.75 Å². The molecule has 98 valence electrons. The van der Waals surface area contributed by atoms with E-state index in [9.17, 15) is 9.90 Å². The molecule has 0 aromatic heterocycles. The summed E-state index contributed by atoms with van der Waals surface area (Å²) in [6.07, 6.45) is 1.33. The van der Waals surface area contributed by atoms with Crippen molar-refractivity contribution in [2.75, 3.05) is 13.1 Å². The van der Waals surface area contributed by atoms with Crippen LogP contribution in [0.25, 0.3) is 0 Å². The Kier molecular flexibility index (Phi) is 4.09. The number of phenols is 1. The molecule has 1 aliphatic rings. The van der Waals surface area contributed by atoms with E-state index in [1.54, 1.807) is 18.2 Å². The van der Waals surface area contributed by atoms with Crippen LogP contribution in [0.15, 0.2) is 18.2 Å². The summed E-state index contributed by atoms with van der Waals surface area (Å²) in [4.78, 5) is 13.0. The van der Waals surface area contributed by atoms with Gasteiger partial charge in [0.2, 0.25) is 0 Å². The third kappa shape index (κ3) is 3.15. The first-order valence-electron chi connectivity index (χ1n) is 5.99. The topological polar surface area (TPSA) is 60.8 Å². The summed E-state index contributed by atoms with van der Waals surface area (Å²) in [5.41, 5.74) is 0.788. The lowest BCUT2D eigenvalue weighted by atomic mass is 9.97.